The van der Waals surface area contributed by atoms with E-state index in [0.717, 1.165) is 28.5 Å². The molecule has 0 unspecified atom stereocenters. The van der Waals surface area contributed by atoms with E-state index < -0.39 is 0 Å². The van der Waals surface area contributed by atoms with Crippen LogP contribution in [0, 0.1) is 33.6 Å². The van der Waals surface area contributed by atoms with Crippen LogP contribution >= 0.6 is 0 Å². The van der Waals surface area contributed by atoms with Crippen LogP contribution in [0.1, 0.15) is 62.1 Å². The third-order valence-electron chi connectivity index (χ3n) is 5.73. The van der Waals surface area contributed by atoms with Crippen molar-refractivity contribution in [3.05, 3.63) is 53.5 Å². The van der Waals surface area contributed by atoms with E-state index in [1.165, 1.54) is 30.6 Å². The number of fused-ring (bicyclic) bond motifs is 1. The van der Waals surface area contributed by atoms with E-state index in [0.29, 0.717) is 17.9 Å². The number of para-hydroxylation sites is 2. The molecule has 1 saturated carbocycles. The van der Waals surface area contributed by atoms with Crippen molar-refractivity contribution in [3.8, 4) is 18.7 Å². The SMILES string of the molecule is C#C.Cc1nc(C)n(-c2nc(NC(C)C)ncc2C)n1.Cn1c(C2CCC2)nc2ccccc21. The number of hydrogen-bond acceptors (Lipinski definition) is 6. The minimum Gasteiger partial charge on any atom is -0.352 e. The van der Waals surface area contributed by atoms with Gasteiger partial charge in [-0.15, -0.1) is 17.9 Å². The highest BCUT2D eigenvalue weighted by Crippen LogP contribution is 2.36. The first-order valence-electron chi connectivity index (χ1n) is 11.6. The lowest BCUT2D eigenvalue weighted by molar-refractivity contribution is 0.395. The van der Waals surface area contributed by atoms with Gasteiger partial charge in [-0.1, -0.05) is 18.6 Å². The lowest BCUT2D eigenvalue weighted by Crippen LogP contribution is -2.15. The number of terminal acetylenes is 1. The summed E-state index contributed by atoms with van der Waals surface area (Å²) in [6.07, 6.45) is 13.8. The second-order valence-corrected chi connectivity index (χ2v) is 8.76. The van der Waals surface area contributed by atoms with E-state index in [1.54, 1.807) is 10.9 Å². The Morgan fingerprint density at radius 2 is 1.74 bits per heavy atom. The second kappa shape index (κ2) is 10.9. The molecule has 34 heavy (non-hydrogen) atoms. The van der Waals surface area contributed by atoms with Crippen LogP contribution < -0.4 is 5.32 Å². The molecule has 3 aromatic heterocycles. The summed E-state index contributed by atoms with van der Waals surface area (Å²) in [4.78, 5) is 17.7. The molecule has 0 saturated heterocycles. The quantitative estimate of drug-likeness (QED) is 0.438. The monoisotopic (exact) mass is 458 g/mol. The predicted octanol–water partition coefficient (Wildman–Crippen LogP) is 4.89. The summed E-state index contributed by atoms with van der Waals surface area (Å²) in [6, 6.07) is 8.66. The van der Waals surface area contributed by atoms with Crippen LogP contribution in [0.4, 0.5) is 5.95 Å². The van der Waals surface area contributed by atoms with Crippen molar-refractivity contribution >= 4 is 17.0 Å². The summed E-state index contributed by atoms with van der Waals surface area (Å²) in [5, 5.41) is 7.53. The highest BCUT2D eigenvalue weighted by molar-refractivity contribution is 5.75. The van der Waals surface area contributed by atoms with Crippen LogP contribution in [0.15, 0.2) is 30.5 Å². The summed E-state index contributed by atoms with van der Waals surface area (Å²) in [7, 11) is 2.13. The molecule has 5 rings (SSSR count). The van der Waals surface area contributed by atoms with Gasteiger partial charge in [0.1, 0.15) is 17.5 Å². The van der Waals surface area contributed by atoms with Gasteiger partial charge in [0.2, 0.25) is 5.95 Å². The van der Waals surface area contributed by atoms with Gasteiger partial charge in [-0.2, -0.15) is 9.67 Å². The zero-order valence-corrected chi connectivity index (χ0v) is 20.9. The summed E-state index contributed by atoms with van der Waals surface area (Å²) in [5.41, 5.74) is 3.36. The Labute approximate surface area is 201 Å². The lowest BCUT2D eigenvalue weighted by Gasteiger charge is -2.24. The number of benzene rings is 1. The van der Waals surface area contributed by atoms with Crippen molar-refractivity contribution in [2.75, 3.05) is 5.32 Å². The average molecular weight is 459 g/mol. The molecule has 1 aliphatic carbocycles. The summed E-state index contributed by atoms with van der Waals surface area (Å²) >= 11 is 0. The summed E-state index contributed by atoms with van der Waals surface area (Å²) < 4.78 is 4.00. The van der Waals surface area contributed by atoms with Crippen molar-refractivity contribution < 1.29 is 0 Å². The smallest absolute Gasteiger partial charge is 0.224 e. The van der Waals surface area contributed by atoms with E-state index in [4.69, 9.17) is 4.98 Å². The second-order valence-electron chi connectivity index (χ2n) is 8.76. The van der Waals surface area contributed by atoms with Crippen molar-refractivity contribution in [1.82, 2.24) is 34.3 Å². The zero-order chi connectivity index (χ0) is 24.8. The molecule has 3 heterocycles. The van der Waals surface area contributed by atoms with Crippen LogP contribution in [0.5, 0.6) is 0 Å². The standard InChI is InChI=1S/C12H18N6.C12H14N2.C2H2/c1-7(2)14-12-13-6-8(3)11(16-12)18-10(5)15-9(4)17-18;1-14-11-8-3-2-7-10(11)13-12(14)9-5-4-6-9;1-2/h6-7H,1-5H3,(H,13,14,16);2-3,7-9H,4-6H2,1H3;1-2H. The van der Waals surface area contributed by atoms with Gasteiger partial charge in [0.15, 0.2) is 5.82 Å². The Balaban J connectivity index is 0.000000182. The number of rotatable bonds is 4. The van der Waals surface area contributed by atoms with Gasteiger partial charge in [-0.05, 0) is 59.6 Å². The van der Waals surface area contributed by atoms with E-state index in [1.807, 2.05) is 34.6 Å². The zero-order valence-electron chi connectivity index (χ0n) is 20.9. The molecule has 8 heteroatoms. The largest absolute Gasteiger partial charge is 0.352 e. The third-order valence-corrected chi connectivity index (χ3v) is 5.73. The fourth-order valence-corrected chi connectivity index (χ4v) is 3.89. The first kappa shape index (κ1) is 24.9. The molecule has 0 amide bonds. The molecule has 0 spiro atoms. The molecule has 1 aromatic carbocycles. The number of hydrogen-bond donors (Lipinski definition) is 1. The molecule has 1 aliphatic rings. The molecule has 0 radical (unpaired) electrons. The van der Waals surface area contributed by atoms with E-state index in [2.05, 4.69) is 74.1 Å². The number of nitrogens with zero attached hydrogens (tertiary/aromatic N) is 7. The highest BCUT2D eigenvalue weighted by atomic mass is 15.4. The lowest BCUT2D eigenvalue weighted by atomic mass is 9.85. The van der Waals surface area contributed by atoms with Gasteiger partial charge < -0.3 is 9.88 Å². The minimum atomic E-state index is 0.291. The van der Waals surface area contributed by atoms with E-state index in [-0.39, 0.29) is 0 Å². The van der Waals surface area contributed by atoms with Crippen LogP contribution in [-0.4, -0.2) is 40.3 Å². The van der Waals surface area contributed by atoms with Gasteiger partial charge in [0.05, 0.1) is 11.0 Å². The van der Waals surface area contributed by atoms with Crippen molar-refractivity contribution in [3.63, 3.8) is 0 Å². The molecule has 1 fully saturated rings. The molecule has 1 N–H and O–H groups in total. The number of aryl methyl sites for hydroxylation is 4. The molecule has 0 aliphatic heterocycles. The van der Waals surface area contributed by atoms with Gasteiger partial charge in [-0.3, -0.25) is 0 Å². The molecule has 4 aromatic rings. The molecule has 8 nitrogen and oxygen atoms in total. The Morgan fingerprint density at radius 1 is 1.03 bits per heavy atom. The number of nitrogens with one attached hydrogen (secondary N) is 1. The van der Waals surface area contributed by atoms with Gasteiger partial charge >= 0.3 is 0 Å². The molecular weight excluding hydrogens is 424 g/mol. The average Bonchev–Trinajstić information content (AvgIpc) is 3.28. The maximum atomic E-state index is 4.70. The van der Waals surface area contributed by atoms with Gasteiger partial charge in [-0.25, -0.2) is 15.0 Å². The Morgan fingerprint density at radius 3 is 2.29 bits per heavy atom. The van der Waals surface area contributed by atoms with E-state index in [9.17, 15) is 0 Å². The maximum absolute atomic E-state index is 4.70. The van der Waals surface area contributed by atoms with Crippen LogP contribution in [-0.2, 0) is 7.05 Å². The van der Waals surface area contributed by atoms with E-state index >= 15 is 0 Å². The highest BCUT2D eigenvalue weighted by Gasteiger charge is 2.24. The molecule has 0 bridgehead atoms. The van der Waals surface area contributed by atoms with Crippen molar-refractivity contribution in [2.24, 2.45) is 7.05 Å². The Hall–Kier alpha value is -3.73. The van der Waals surface area contributed by atoms with Gasteiger partial charge in [0, 0.05) is 30.8 Å². The van der Waals surface area contributed by atoms with Crippen LogP contribution in [0.2, 0.25) is 0 Å². The van der Waals surface area contributed by atoms with Crippen molar-refractivity contribution in [2.45, 2.75) is 65.8 Å². The summed E-state index contributed by atoms with van der Waals surface area (Å²) in [5.74, 6) is 4.93. The van der Waals surface area contributed by atoms with Crippen LogP contribution in [0.25, 0.3) is 16.9 Å². The predicted molar refractivity (Wildman–Crippen MR) is 137 cm³/mol. The summed E-state index contributed by atoms with van der Waals surface area (Å²) in [6.45, 7) is 9.84. The molecule has 178 valence electrons. The maximum Gasteiger partial charge on any atom is 0.224 e. The first-order valence-corrected chi connectivity index (χ1v) is 11.6. The normalized spacial score (nSPS) is 13.0. The van der Waals surface area contributed by atoms with Crippen LogP contribution in [0.3, 0.4) is 0 Å². The number of anilines is 1. The minimum absolute atomic E-state index is 0.291. The molecule has 0 atom stereocenters. The fraction of sp³-hybridized carbons (Fsp3) is 0.423. The Bertz CT molecular complexity index is 1260. The fourth-order valence-electron chi connectivity index (χ4n) is 3.89. The molecular formula is C26H34N8. The third kappa shape index (κ3) is 5.42. The van der Waals surface area contributed by atoms with Crippen molar-refractivity contribution in [1.29, 1.82) is 0 Å². The van der Waals surface area contributed by atoms with Gasteiger partial charge in [0.25, 0.3) is 0 Å². The first-order chi connectivity index (χ1) is 16.3. The number of aromatic nitrogens is 7. The number of imidazole rings is 1. The Kier molecular flexibility index (Phi) is 8.00. The topological polar surface area (TPSA) is 86.3 Å².